The fourth-order valence-electron chi connectivity index (χ4n) is 5.20. The molecule has 0 bridgehead atoms. The molecule has 1 aliphatic heterocycles. The van der Waals surface area contributed by atoms with Crippen LogP contribution in [-0.2, 0) is 27.7 Å². The fraction of sp³-hybridized carbons (Fsp3) is 0.565. The molecule has 0 N–H and O–H groups in total. The van der Waals surface area contributed by atoms with Crippen LogP contribution in [0.4, 0.5) is 5.69 Å². The maximum atomic E-state index is 13.7. The number of imide groups is 1. The summed E-state index contributed by atoms with van der Waals surface area (Å²) in [5.41, 5.74) is 1.58. The molecule has 0 radical (unpaired) electrons. The number of hydrogen-bond donors (Lipinski definition) is 0. The summed E-state index contributed by atoms with van der Waals surface area (Å²) in [6.07, 6.45) is 2.47. The van der Waals surface area contributed by atoms with Crippen molar-refractivity contribution in [2.75, 3.05) is 23.9 Å². The van der Waals surface area contributed by atoms with Crippen LogP contribution < -0.4 is 4.90 Å². The van der Waals surface area contributed by atoms with Gasteiger partial charge in [0.1, 0.15) is 5.76 Å². The maximum absolute atomic E-state index is 13.7. The number of fused-ring (bicyclic) bond motifs is 3. The predicted octanol–water partition coefficient (Wildman–Crippen LogP) is 5.18. The van der Waals surface area contributed by atoms with Gasteiger partial charge < -0.3 is 4.52 Å². The molecule has 174 valence electrons. The zero-order chi connectivity index (χ0) is 22.9. The zero-order valence-electron chi connectivity index (χ0n) is 18.7. The molecule has 4 rings (SSSR count). The molecule has 32 heavy (non-hydrogen) atoms. The number of allylic oxidation sites excluding steroid dienone is 1. The Kier molecular flexibility index (Phi) is 7.15. The number of phosphoric ester groups is 1. The number of thioether (sulfide) groups is 1. The van der Waals surface area contributed by atoms with Crippen molar-refractivity contribution in [1.82, 2.24) is 0 Å². The number of amides is 2. The second-order valence-corrected chi connectivity index (χ2v) is 11.0. The second kappa shape index (κ2) is 9.72. The Labute approximate surface area is 193 Å². The average Bonchev–Trinajstić information content (AvgIpc) is 3.34. The summed E-state index contributed by atoms with van der Waals surface area (Å²) < 4.78 is 30.1. The van der Waals surface area contributed by atoms with E-state index in [1.54, 1.807) is 37.7 Å². The molecule has 1 aromatic carbocycles. The molecule has 1 heterocycles. The standard InChI is InChI=1S/C23H30NO6PS/c1-4-28-31(27,29-5-2)30-20-17-14-10-13-16(17)18-19(21(20)32-6-3)23(26)24(22(18)25)15-11-8-7-9-12-15/h7-9,11-12,16,18-19,21H,4-6,10,13-14H2,1-3H3/t16-,18?,19-,21-/m0/s1. The summed E-state index contributed by atoms with van der Waals surface area (Å²) in [6.45, 7) is 5.83. The summed E-state index contributed by atoms with van der Waals surface area (Å²) in [6, 6.07) is 9.08. The molecule has 1 saturated carbocycles. The quantitative estimate of drug-likeness (QED) is 0.357. The van der Waals surface area contributed by atoms with Gasteiger partial charge in [0, 0.05) is 0 Å². The van der Waals surface area contributed by atoms with Gasteiger partial charge in [0.15, 0.2) is 0 Å². The van der Waals surface area contributed by atoms with E-state index >= 15 is 0 Å². The van der Waals surface area contributed by atoms with E-state index in [1.165, 1.54) is 4.90 Å². The van der Waals surface area contributed by atoms with Crippen molar-refractivity contribution in [3.8, 4) is 0 Å². The molecule has 3 aliphatic rings. The molecule has 2 amide bonds. The molecular weight excluding hydrogens is 449 g/mol. The van der Waals surface area contributed by atoms with Gasteiger partial charge in [-0.1, -0.05) is 25.1 Å². The van der Waals surface area contributed by atoms with Gasteiger partial charge in [0.2, 0.25) is 11.8 Å². The zero-order valence-corrected chi connectivity index (χ0v) is 20.4. The Morgan fingerprint density at radius 2 is 1.69 bits per heavy atom. The van der Waals surface area contributed by atoms with E-state index in [4.69, 9.17) is 13.6 Å². The van der Waals surface area contributed by atoms with Crippen LogP contribution in [0, 0.1) is 17.8 Å². The summed E-state index contributed by atoms with van der Waals surface area (Å²) >= 11 is 1.55. The first-order valence-electron chi connectivity index (χ1n) is 11.3. The first-order valence-corrected chi connectivity index (χ1v) is 13.8. The lowest BCUT2D eigenvalue weighted by Gasteiger charge is -2.37. The number of hydrogen-bond acceptors (Lipinski definition) is 7. The molecule has 1 saturated heterocycles. The van der Waals surface area contributed by atoms with Crippen LogP contribution in [-0.4, -0.2) is 36.0 Å². The van der Waals surface area contributed by atoms with Crippen LogP contribution >= 0.6 is 19.6 Å². The number of para-hydroxylation sites is 1. The smallest absolute Gasteiger partial charge is 0.407 e. The van der Waals surface area contributed by atoms with Crippen molar-refractivity contribution >= 4 is 37.1 Å². The molecule has 2 aliphatic carbocycles. The van der Waals surface area contributed by atoms with Crippen molar-refractivity contribution in [3.05, 3.63) is 41.7 Å². The molecule has 1 aromatic rings. The van der Waals surface area contributed by atoms with Gasteiger partial charge in [-0.2, -0.15) is 0 Å². The van der Waals surface area contributed by atoms with Gasteiger partial charge >= 0.3 is 7.82 Å². The Hall–Kier alpha value is -1.60. The van der Waals surface area contributed by atoms with Gasteiger partial charge in [0.05, 0.1) is 36.0 Å². The van der Waals surface area contributed by atoms with Crippen LogP contribution in [0.15, 0.2) is 41.7 Å². The largest absolute Gasteiger partial charge is 0.529 e. The number of benzene rings is 1. The van der Waals surface area contributed by atoms with Crippen LogP contribution in [0.25, 0.3) is 0 Å². The van der Waals surface area contributed by atoms with Gasteiger partial charge in [-0.3, -0.25) is 18.6 Å². The third-order valence-corrected chi connectivity index (χ3v) is 9.06. The monoisotopic (exact) mass is 479 g/mol. The third kappa shape index (κ3) is 4.07. The highest BCUT2D eigenvalue weighted by atomic mass is 32.2. The highest BCUT2D eigenvalue weighted by Crippen LogP contribution is 2.60. The lowest BCUT2D eigenvalue weighted by Crippen LogP contribution is -2.40. The van der Waals surface area contributed by atoms with E-state index in [0.29, 0.717) is 11.4 Å². The molecule has 4 atom stereocenters. The Morgan fingerprint density at radius 3 is 2.31 bits per heavy atom. The van der Waals surface area contributed by atoms with E-state index in [-0.39, 0.29) is 30.9 Å². The van der Waals surface area contributed by atoms with E-state index in [2.05, 4.69) is 0 Å². The first kappa shape index (κ1) is 23.6. The number of phosphoric acid groups is 1. The van der Waals surface area contributed by atoms with Crippen LogP contribution in [0.2, 0.25) is 0 Å². The van der Waals surface area contributed by atoms with Crippen molar-refractivity contribution in [2.24, 2.45) is 17.8 Å². The van der Waals surface area contributed by atoms with Crippen molar-refractivity contribution < 1.29 is 27.7 Å². The molecule has 0 aromatic heterocycles. The molecule has 1 unspecified atom stereocenters. The number of anilines is 1. The first-order chi connectivity index (χ1) is 15.5. The van der Waals surface area contributed by atoms with Gasteiger partial charge in [-0.15, -0.1) is 11.8 Å². The van der Waals surface area contributed by atoms with Crippen LogP contribution in [0.3, 0.4) is 0 Å². The maximum Gasteiger partial charge on any atom is 0.529 e. The minimum absolute atomic E-state index is 0.0921. The van der Waals surface area contributed by atoms with Crippen molar-refractivity contribution in [1.29, 1.82) is 0 Å². The van der Waals surface area contributed by atoms with Crippen molar-refractivity contribution in [2.45, 2.75) is 45.3 Å². The van der Waals surface area contributed by atoms with Gasteiger partial charge in [0.25, 0.3) is 0 Å². The lowest BCUT2D eigenvalue weighted by molar-refractivity contribution is -0.122. The van der Waals surface area contributed by atoms with E-state index in [0.717, 1.165) is 30.6 Å². The minimum Gasteiger partial charge on any atom is -0.407 e. The summed E-state index contributed by atoms with van der Waals surface area (Å²) in [4.78, 5) is 28.6. The van der Waals surface area contributed by atoms with Gasteiger partial charge in [-0.25, -0.2) is 9.46 Å². The normalized spacial score (nSPS) is 27.7. The number of nitrogens with zero attached hydrogens (tertiary/aromatic N) is 1. The number of rotatable bonds is 9. The average molecular weight is 480 g/mol. The third-order valence-electron chi connectivity index (χ3n) is 6.29. The summed E-state index contributed by atoms with van der Waals surface area (Å²) in [5, 5.41) is -0.409. The van der Waals surface area contributed by atoms with Crippen molar-refractivity contribution in [3.63, 3.8) is 0 Å². The number of carbonyl (C=O) groups excluding carboxylic acids is 2. The van der Waals surface area contributed by atoms with E-state index in [9.17, 15) is 14.2 Å². The second-order valence-electron chi connectivity index (χ2n) is 8.04. The Morgan fingerprint density at radius 1 is 1.03 bits per heavy atom. The Bertz CT molecular complexity index is 941. The lowest BCUT2D eigenvalue weighted by atomic mass is 9.73. The molecule has 2 fully saturated rings. The highest BCUT2D eigenvalue weighted by molar-refractivity contribution is 8.00. The van der Waals surface area contributed by atoms with E-state index < -0.39 is 24.9 Å². The Balaban J connectivity index is 1.77. The minimum atomic E-state index is -3.82. The topological polar surface area (TPSA) is 82.1 Å². The highest BCUT2D eigenvalue weighted by Gasteiger charge is 2.60. The molecule has 7 nitrogen and oxygen atoms in total. The number of carbonyl (C=O) groups is 2. The summed E-state index contributed by atoms with van der Waals surface area (Å²) in [5.74, 6) is -0.186. The fourth-order valence-corrected chi connectivity index (χ4v) is 7.76. The van der Waals surface area contributed by atoms with Gasteiger partial charge in [-0.05, 0) is 62.5 Å². The molecule has 0 spiro atoms. The predicted molar refractivity (Wildman–Crippen MR) is 124 cm³/mol. The SMILES string of the molecule is CCOP(=O)(OCC)OC1=C2CCC[C@@H]2C2C(=O)N(c3ccccc3)C(=O)[C@@H]2[C@@H]1SCC. The van der Waals surface area contributed by atoms with E-state index in [1.807, 2.05) is 25.1 Å². The molecule has 9 heteroatoms. The van der Waals surface area contributed by atoms with Crippen LogP contribution in [0.5, 0.6) is 0 Å². The summed E-state index contributed by atoms with van der Waals surface area (Å²) in [7, 11) is -3.82. The molecular formula is C23H30NO6PS. The van der Waals surface area contributed by atoms with Crippen LogP contribution in [0.1, 0.15) is 40.0 Å².